The van der Waals surface area contributed by atoms with Gasteiger partial charge in [0.2, 0.25) is 5.91 Å². The van der Waals surface area contributed by atoms with Gasteiger partial charge in [-0.2, -0.15) is 4.98 Å². The van der Waals surface area contributed by atoms with E-state index in [4.69, 9.17) is 16.3 Å². The predicted octanol–water partition coefficient (Wildman–Crippen LogP) is 3.45. The first-order chi connectivity index (χ1) is 14.5. The molecule has 1 saturated heterocycles. The molecule has 0 bridgehead atoms. The van der Waals surface area contributed by atoms with Gasteiger partial charge in [0.15, 0.2) is 10.8 Å². The minimum Gasteiger partial charge on any atom is -0.495 e. The average molecular weight is 448 g/mol. The van der Waals surface area contributed by atoms with Gasteiger partial charge in [-0.05, 0) is 37.8 Å². The maximum absolute atomic E-state index is 12.9. The summed E-state index contributed by atoms with van der Waals surface area (Å²) in [6.45, 7) is 3.56. The van der Waals surface area contributed by atoms with Crippen molar-refractivity contribution in [1.29, 1.82) is 0 Å². The molecule has 1 fully saturated rings. The van der Waals surface area contributed by atoms with E-state index in [1.807, 2.05) is 6.92 Å². The fraction of sp³-hybridized carbons (Fsp3) is 0.400. The molecule has 10 heteroatoms. The van der Waals surface area contributed by atoms with Gasteiger partial charge in [-0.3, -0.25) is 14.2 Å². The number of aromatic nitrogens is 3. The van der Waals surface area contributed by atoms with Crippen LogP contribution in [0.1, 0.15) is 24.8 Å². The second-order valence-corrected chi connectivity index (χ2v) is 8.61. The third-order valence-corrected chi connectivity index (χ3v) is 6.57. The first kappa shape index (κ1) is 20.6. The van der Waals surface area contributed by atoms with Crippen molar-refractivity contribution in [3.05, 3.63) is 39.4 Å². The summed E-state index contributed by atoms with van der Waals surface area (Å²) >= 11 is 7.45. The summed E-state index contributed by atoms with van der Waals surface area (Å²) in [6.07, 6.45) is 4.84. The maximum Gasteiger partial charge on any atom is 0.273 e. The molecule has 0 saturated carbocycles. The minimum atomic E-state index is -0.362. The van der Waals surface area contributed by atoms with Crippen LogP contribution in [0.3, 0.4) is 0 Å². The number of aryl methyl sites for hydroxylation is 1. The number of thiazole rings is 1. The highest BCUT2D eigenvalue weighted by molar-refractivity contribution is 7.22. The lowest BCUT2D eigenvalue weighted by Gasteiger charge is -2.25. The molecule has 0 atom stereocenters. The van der Waals surface area contributed by atoms with E-state index in [0.717, 1.165) is 36.6 Å². The summed E-state index contributed by atoms with van der Waals surface area (Å²) in [6, 6.07) is 3.38. The van der Waals surface area contributed by atoms with Crippen LogP contribution in [0.4, 0.5) is 10.8 Å². The first-order valence-corrected chi connectivity index (χ1v) is 10.9. The standard InChI is InChI=1S/C20H22ClN5O3S/c1-12-8-14(15(29-2)9-13(12)21)23-16(27)10-26-11-22-18-17(19(26)28)30-20(24-18)25-6-4-3-5-7-25/h8-9,11H,3-7,10H2,1-2H3,(H,23,27). The number of anilines is 2. The molecule has 4 rings (SSSR count). The van der Waals surface area contributed by atoms with Crippen LogP contribution < -0.4 is 20.5 Å². The fourth-order valence-corrected chi connectivity index (χ4v) is 4.62. The Morgan fingerprint density at radius 3 is 2.80 bits per heavy atom. The lowest BCUT2D eigenvalue weighted by atomic mass is 10.1. The lowest BCUT2D eigenvalue weighted by molar-refractivity contribution is -0.116. The molecule has 8 nitrogen and oxygen atoms in total. The number of halogens is 1. The molecular formula is C20H22ClN5O3S. The van der Waals surface area contributed by atoms with Crippen molar-refractivity contribution in [2.45, 2.75) is 32.7 Å². The van der Waals surface area contributed by atoms with Gasteiger partial charge in [-0.25, -0.2) is 4.98 Å². The highest BCUT2D eigenvalue weighted by atomic mass is 35.5. The summed E-state index contributed by atoms with van der Waals surface area (Å²) in [5, 5.41) is 4.14. The number of benzene rings is 1. The Labute approximate surface area is 182 Å². The van der Waals surface area contributed by atoms with Crippen LogP contribution in [-0.4, -0.2) is 40.6 Å². The zero-order valence-corrected chi connectivity index (χ0v) is 18.3. The largest absolute Gasteiger partial charge is 0.495 e. The van der Waals surface area contributed by atoms with Crippen LogP contribution in [0.25, 0.3) is 10.3 Å². The van der Waals surface area contributed by atoms with Gasteiger partial charge in [-0.1, -0.05) is 22.9 Å². The highest BCUT2D eigenvalue weighted by Crippen LogP contribution is 2.31. The van der Waals surface area contributed by atoms with Crippen LogP contribution in [0.2, 0.25) is 5.02 Å². The summed E-state index contributed by atoms with van der Waals surface area (Å²) in [5.74, 6) is 0.0903. The number of piperidine rings is 1. The second kappa shape index (κ2) is 8.61. The van der Waals surface area contributed by atoms with Crippen LogP contribution in [-0.2, 0) is 11.3 Å². The molecule has 158 valence electrons. The topological polar surface area (TPSA) is 89.3 Å². The van der Waals surface area contributed by atoms with Crippen molar-refractivity contribution < 1.29 is 9.53 Å². The van der Waals surface area contributed by atoms with Gasteiger partial charge in [0, 0.05) is 24.2 Å². The maximum atomic E-state index is 12.9. The Morgan fingerprint density at radius 2 is 2.07 bits per heavy atom. The number of ether oxygens (including phenoxy) is 1. The summed E-state index contributed by atoms with van der Waals surface area (Å²) in [4.78, 5) is 36.5. The summed E-state index contributed by atoms with van der Waals surface area (Å²) in [7, 11) is 1.50. The number of nitrogens with one attached hydrogen (secondary N) is 1. The molecule has 0 unspecified atom stereocenters. The molecule has 0 radical (unpaired) electrons. The average Bonchev–Trinajstić information content (AvgIpc) is 3.18. The molecule has 1 N–H and O–H groups in total. The second-order valence-electron chi connectivity index (χ2n) is 7.22. The third kappa shape index (κ3) is 4.13. The number of hydrogen-bond donors (Lipinski definition) is 1. The lowest BCUT2D eigenvalue weighted by Crippen LogP contribution is -2.29. The molecular weight excluding hydrogens is 426 g/mol. The molecule has 0 spiro atoms. The van der Waals surface area contributed by atoms with Crippen molar-refractivity contribution in [3.63, 3.8) is 0 Å². The van der Waals surface area contributed by atoms with E-state index in [1.165, 1.54) is 35.8 Å². The number of carbonyl (C=O) groups excluding carboxylic acids is 1. The fourth-order valence-electron chi connectivity index (χ4n) is 3.44. The normalized spacial score (nSPS) is 14.2. The predicted molar refractivity (Wildman–Crippen MR) is 119 cm³/mol. The zero-order chi connectivity index (χ0) is 21.3. The van der Waals surface area contributed by atoms with E-state index in [-0.39, 0.29) is 18.0 Å². The van der Waals surface area contributed by atoms with Gasteiger partial charge in [0.05, 0.1) is 12.8 Å². The number of nitrogens with zero attached hydrogens (tertiary/aromatic N) is 4. The van der Waals surface area contributed by atoms with Crippen LogP contribution >= 0.6 is 22.9 Å². The first-order valence-electron chi connectivity index (χ1n) is 9.71. The number of hydrogen-bond acceptors (Lipinski definition) is 7. The Kier molecular flexibility index (Phi) is 5.92. The van der Waals surface area contributed by atoms with E-state index >= 15 is 0 Å². The number of methoxy groups -OCH3 is 1. The third-order valence-electron chi connectivity index (χ3n) is 5.07. The van der Waals surface area contributed by atoms with Gasteiger partial charge in [0.25, 0.3) is 5.56 Å². The number of rotatable bonds is 5. The molecule has 3 aromatic rings. The quantitative estimate of drug-likeness (QED) is 0.644. The molecule has 1 aliphatic rings. The van der Waals surface area contributed by atoms with Crippen molar-refractivity contribution in [1.82, 2.24) is 14.5 Å². The SMILES string of the molecule is COc1cc(Cl)c(C)cc1NC(=O)Cn1cnc2nc(N3CCCCC3)sc2c1=O. The molecule has 0 aliphatic carbocycles. The molecule has 1 amide bonds. The number of carbonyl (C=O) groups is 1. The Hall–Kier alpha value is -2.65. The van der Waals surface area contributed by atoms with Crippen molar-refractivity contribution >= 4 is 50.0 Å². The summed E-state index contributed by atoms with van der Waals surface area (Å²) in [5.41, 5.74) is 1.46. The highest BCUT2D eigenvalue weighted by Gasteiger charge is 2.19. The monoisotopic (exact) mass is 447 g/mol. The van der Waals surface area contributed by atoms with E-state index < -0.39 is 0 Å². The molecule has 1 aromatic carbocycles. The van der Waals surface area contributed by atoms with Gasteiger partial charge in [0.1, 0.15) is 23.3 Å². The number of fused-ring (bicyclic) bond motifs is 1. The van der Waals surface area contributed by atoms with Crippen molar-refractivity contribution in [2.75, 3.05) is 30.4 Å². The van der Waals surface area contributed by atoms with Gasteiger partial charge >= 0.3 is 0 Å². The molecule has 1 aliphatic heterocycles. The molecule has 30 heavy (non-hydrogen) atoms. The van der Waals surface area contributed by atoms with E-state index in [9.17, 15) is 9.59 Å². The Balaban J connectivity index is 1.55. The molecule has 2 aromatic heterocycles. The molecule has 3 heterocycles. The minimum absolute atomic E-state index is 0.163. The summed E-state index contributed by atoms with van der Waals surface area (Å²) < 4.78 is 7.04. The van der Waals surface area contributed by atoms with Crippen LogP contribution in [0.5, 0.6) is 5.75 Å². The number of amides is 1. The Bertz CT molecular complexity index is 1150. The van der Waals surface area contributed by atoms with Crippen molar-refractivity contribution in [2.24, 2.45) is 0 Å². The zero-order valence-electron chi connectivity index (χ0n) is 16.8. The van der Waals surface area contributed by atoms with Gasteiger partial charge < -0.3 is 15.0 Å². The van der Waals surface area contributed by atoms with Crippen LogP contribution in [0, 0.1) is 6.92 Å². The van der Waals surface area contributed by atoms with Gasteiger partial charge in [-0.15, -0.1) is 0 Å². The van der Waals surface area contributed by atoms with Crippen LogP contribution in [0.15, 0.2) is 23.3 Å². The smallest absolute Gasteiger partial charge is 0.273 e. The Morgan fingerprint density at radius 1 is 1.30 bits per heavy atom. The van der Waals surface area contributed by atoms with E-state index in [1.54, 1.807) is 12.1 Å². The van der Waals surface area contributed by atoms with E-state index in [2.05, 4.69) is 20.2 Å². The van der Waals surface area contributed by atoms with E-state index in [0.29, 0.717) is 26.8 Å². The van der Waals surface area contributed by atoms with Crippen molar-refractivity contribution in [3.8, 4) is 5.75 Å².